The summed E-state index contributed by atoms with van der Waals surface area (Å²) in [7, 11) is -1.61. The first-order chi connectivity index (χ1) is 9.44. The van der Waals surface area contributed by atoms with Crippen LogP contribution in [0, 0.1) is 5.92 Å². The Bertz CT molecular complexity index is 336. The predicted molar refractivity (Wildman–Crippen MR) is 82.3 cm³/mol. The zero-order valence-electron chi connectivity index (χ0n) is 14.1. The molecule has 0 aliphatic carbocycles. The third kappa shape index (κ3) is 8.37. The zero-order chi connectivity index (χ0) is 16.2. The van der Waals surface area contributed by atoms with Gasteiger partial charge in [-0.2, -0.15) is 0 Å². The van der Waals surface area contributed by atoms with E-state index >= 15 is 0 Å². The molecule has 0 unspecified atom stereocenters. The molecule has 0 N–H and O–H groups in total. The average Bonchev–Trinajstić information content (AvgIpc) is 2.50. The third-order valence-corrected chi connectivity index (χ3v) is 5.01. The topological polar surface area (TPSA) is 54.5 Å². The number of hydrogen-bond acceptors (Lipinski definition) is 4. The summed E-state index contributed by atoms with van der Waals surface area (Å²) in [5, 5.41) is 0. The maximum atomic E-state index is 11.3. The van der Waals surface area contributed by atoms with Gasteiger partial charge in [0.25, 0.3) is 0 Å². The molecule has 0 aromatic rings. The zero-order valence-corrected chi connectivity index (χ0v) is 13.9. The van der Waals surface area contributed by atoms with Gasteiger partial charge in [0.1, 0.15) is 5.78 Å². The van der Waals surface area contributed by atoms with Crippen LogP contribution in [-0.2, 0) is 14.6 Å². The summed E-state index contributed by atoms with van der Waals surface area (Å²) < 4.78 is 28.4. The number of rotatable bonds is 5. The first kappa shape index (κ1) is 18.6. The fourth-order valence-electron chi connectivity index (χ4n) is 1.98. The summed E-state index contributed by atoms with van der Waals surface area (Å²) in [4.78, 5) is 13.3. The Labute approximate surface area is 120 Å². The van der Waals surface area contributed by atoms with Crippen LogP contribution >= 0.6 is 0 Å². The fraction of sp³-hybridized carbons (Fsp3) is 0.929. The minimum atomic E-state index is -2.86. The number of sulfone groups is 1. The first-order valence-corrected chi connectivity index (χ1v) is 8.70. The van der Waals surface area contributed by atoms with Gasteiger partial charge in [0.2, 0.25) is 0 Å². The molecule has 1 aliphatic heterocycles. The van der Waals surface area contributed by atoms with Crippen molar-refractivity contribution in [3.8, 4) is 0 Å². The van der Waals surface area contributed by atoms with Gasteiger partial charge in [-0.05, 0) is 32.9 Å². The van der Waals surface area contributed by atoms with E-state index in [4.69, 9.17) is 1.37 Å². The van der Waals surface area contributed by atoms with Gasteiger partial charge in [0, 0.05) is 19.6 Å². The molecule has 19 heavy (non-hydrogen) atoms. The molecule has 4 nitrogen and oxygen atoms in total. The average molecular weight is 294 g/mol. The molecule has 0 aromatic carbocycles. The van der Waals surface area contributed by atoms with Gasteiger partial charge in [-0.25, -0.2) is 8.42 Å². The van der Waals surface area contributed by atoms with Gasteiger partial charge >= 0.3 is 0 Å². The number of hydrogen-bond donors (Lipinski definition) is 0. The summed E-state index contributed by atoms with van der Waals surface area (Å²) in [5.74, 6) is 0.922. The Kier molecular flexibility index (Phi) is 10.1. The summed E-state index contributed by atoms with van der Waals surface area (Å²) in [6, 6.07) is 0. The predicted octanol–water partition coefficient (Wildman–Crippen LogP) is 2.38. The monoisotopic (exact) mass is 294 g/mol. The highest BCUT2D eigenvalue weighted by molar-refractivity contribution is 7.91. The SMILES string of the molecule is CC.CCS(=O)(=O)CCN1CCC(C(C)=O)CC1.[2H]C. The quantitative estimate of drug-likeness (QED) is 0.781. The van der Waals surface area contributed by atoms with E-state index in [0.29, 0.717) is 6.54 Å². The van der Waals surface area contributed by atoms with Crippen LogP contribution in [0.3, 0.4) is 0 Å². The number of carbonyl (C=O) groups is 1. The Morgan fingerprint density at radius 1 is 1.32 bits per heavy atom. The number of piperidine rings is 1. The normalized spacial score (nSPS) is 17.4. The van der Waals surface area contributed by atoms with Crippen molar-refractivity contribution < 1.29 is 14.6 Å². The van der Waals surface area contributed by atoms with E-state index in [9.17, 15) is 13.2 Å². The molecule has 0 saturated carbocycles. The molecule has 0 radical (unpaired) electrons. The second-order valence-electron chi connectivity index (χ2n) is 4.46. The van der Waals surface area contributed by atoms with Gasteiger partial charge in [-0.15, -0.1) is 0 Å². The molecule has 1 heterocycles. The van der Waals surface area contributed by atoms with Crippen LogP contribution in [0.4, 0.5) is 0 Å². The molecule has 116 valence electrons. The lowest BCUT2D eigenvalue weighted by molar-refractivity contribution is -0.122. The van der Waals surface area contributed by atoms with E-state index in [2.05, 4.69) is 4.90 Å². The summed E-state index contributed by atoms with van der Waals surface area (Å²) in [6.07, 6.45) is 1.75. The van der Waals surface area contributed by atoms with Crippen molar-refractivity contribution in [3.63, 3.8) is 0 Å². The third-order valence-electron chi connectivity index (χ3n) is 3.32. The van der Waals surface area contributed by atoms with Gasteiger partial charge in [0.15, 0.2) is 9.84 Å². The molecule has 1 aliphatic rings. The Morgan fingerprint density at radius 2 is 1.79 bits per heavy atom. The first-order valence-electron chi connectivity index (χ1n) is 7.88. The number of carbonyl (C=O) groups excluding carboxylic acids is 1. The summed E-state index contributed by atoms with van der Waals surface area (Å²) in [6.45, 7) is 9.63. The molecule has 1 fully saturated rings. The number of nitrogens with zero attached hydrogens (tertiary/aromatic N) is 1. The molecule has 0 bridgehead atoms. The lowest BCUT2D eigenvalue weighted by Gasteiger charge is -2.30. The molecule has 0 atom stereocenters. The van der Waals surface area contributed by atoms with Crippen LogP contribution in [0.2, 0.25) is 0 Å². The summed E-state index contributed by atoms with van der Waals surface area (Å²) in [5.41, 5.74) is 0. The molecular weight excluding hydrogens is 262 g/mol. The molecule has 5 heteroatoms. The van der Waals surface area contributed by atoms with Gasteiger partial charge in [-0.1, -0.05) is 28.2 Å². The maximum Gasteiger partial charge on any atom is 0.151 e. The van der Waals surface area contributed by atoms with Gasteiger partial charge in [-0.3, -0.25) is 4.79 Å². The smallest absolute Gasteiger partial charge is 0.151 e. The minimum absolute atomic E-state index is 0.194. The van der Waals surface area contributed by atoms with Crippen molar-refractivity contribution in [3.05, 3.63) is 0 Å². The number of likely N-dealkylation sites (tertiary alicyclic amines) is 1. The van der Waals surface area contributed by atoms with Gasteiger partial charge < -0.3 is 4.90 Å². The van der Waals surface area contributed by atoms with Crippen LogP contribution in [0.5, 0.6) is 0 Å². The lowest BCUT2D eigenvalue weighted by Crippen LogP contribution is -2.38. The second-order valence-corrected chi connectivity index (χ2v) is 6.94. The van der Waals surface area contributed by atoms with E-state index < -0.39 is 9.84 Å². The van der Waals surface area contributed by atoms with E-state index in [1.165, 1.54) is 7.40 Å². The molecule has 0 aromatic heterocycles. The largest absolute Gasteiger partial charge is 0.302 e. The van der Waals surface area contributed by atoms with Crippen LogP contribution in [0.15, 0.2) is 0 Å². The standard InChI is InChI=1S/C11H21NO3S.C2H6.CH4/c1-3-16(14,15)9-8-12-6-4-11(5-7-12)10(2)13;1-2;/h11H,3-9H2,1-2H3;1-2H3;1H4/i;;1D. The number of ketones is 1. The Balaban J connectivity index is 0. The van der Waals surface area contributed by atoms with E-state index in [1.54, 1.807) is 13.8 Å². The van der Waals surface area contributed by atoms with Crippen molar-refractivity contribution in [1.29, 1.82) is 0 Å². The Hall–Kier alpha value is -0.420. The van der Waals surface area contributed by atoms with Crippen LogP contribution < -0.4 is 0 Å². The minimum Gasteiger partial charge on any atom is -0.302 e. The van der Waals surface area contributed by atoms with Crippen molar-refractivity contribution in [2.24, 2.45) is 5.92 Å². The highest BCUT2D eigenvalue weighted by Gasteiger charge is 2.22. The highest BCUT2D eigenvalue weighted by Crippen LogP contribution is 2.17. The number of Topliss-reactive ketones (excluding diaryl/α,β-unsaturated/α-hetero) is 1. The van der Waals surface area contributed by atoms with Gasteiger partial charge in [0.05, 0.1) is 5.75 Å². The van der Waals surface area contributed by atoms with Crippen LogP contribution in [-0.4, -0.2) is 50.2 Å². The lowest BCUT2D eigenvalue weighted by atomic mass is 9.93. The highest BCUT2D eigenvalue weighted by atomic mass is 32.2. The van der Waals surface area contributed by atoms with Crippen molar-refractivity contribution >= 4 is 15.6 Å². The molecule has 0 amide bonds. The molecular formula is C14H31NO3S. The van der Waals surface area contributed by atoms with E-state index in [1.807, 2.05) is 13.8 Å². The van der Waals surface area contributed by atoms with Crippen LogP contribution in [0.1, 0.15) is 49.3 Å². The van der Waals surface area contributed by atoms with E-state index in [0.717, 1.165) is 25.9 Å². The van der Waals surface area contributed by atoms with Crippen LogP contribution in [0.25, 0.3) is 0 Å². The van der Waals surface area contributed by atoms with Crippen molar-refractivity contribution in [2.75, 3.05) is 31.1 Å². The molecule has 0 spiro atoms. The molecule has 1 saturated heterocycles. The Morgan fingerprint density at radius 3 is 2.16 bits per heavy atom. The van der Waals surface area contributed by atoms with E-state index in [-0.39, 0.29) is 23.2 Å². The van der Waals surface area contributed by atoms with Crippen molar-refractivity contribution in [1.82, 2.24) is 4.90 Å². The molecule has 1 rings (SSSR count). The maximum absolute atomic E-state index is 11.3. The van der Waals surface area contributed by atoms with Crippen molar-refractivity contribution in [2.45, 2.75) is 47.9 Å². The fourth-order valence-corrected chi connectivity index (χ4v) is 2.80. The second kappa shape index (κ2) is 10.4. The summed E-state index contributed by atoms with van der Waals surface area (Å²) >= 11 is 0.